The molecule has 1 aromatic heterocycles. The van der Waals surface area contributed by atoms with Crippen LogP contribution in [0.1, 0.15) is 37.6 Å². The third-order valence-corrected chi connectivity index (χ3v) is 6.11. The van der Waals surface area contributed by atoms with Gasteiger partial charge in [0.25, 0.3) is 11.5 Å². The van der Waals surface area contributed by atoms with Gasteiger partial charge in [-0.15, -0.1) is 0 Å². The molecule has 2 N–H and O–H groups in total. The Kier molecular flexibility index (Phi) is 5.94. The summed E-state index contributed by atoms with van der Waals surface area (Å²) in [6, 6.07) is 14.8. The Morgan fingerprint density at radius 3 is 2.46 bits per heavy atom. The minimum absolute atomic E-state index is 0.00856. The zero-order chi connectivity index (χ0) is 24.6. The second-order valence-electron chi connectivity index (χ2n) is 10.1. The summed E-state index contributed by atoms with van der Waals surface area (Å²) >= 11 is 0. The number of nitrogens with zero attached hydrogens (tertiary/aromatic N) is 4. The van der Waals surface area contributed by atoms with Crippen molar-refractivity contribution in [1.82, 2.24) is 20.5 Å². The monoisotopic (exact) mass is 474 g/mol. The number of fused-ring (bicyclic) bond motifs is 1. The molecule has 35 heavy (non-hydrogen) atoms. The van der Waals surface area contributed by atoms with Gasteiger partial charge in [0.05, 0.1) is 22.8 Å². The SMILES string of the molecule is CC(C)(C)CC1=CN(c2ccc(C(=O)N3CCN(c4nc5ccccc5c(=O)[nH]4)CC3)cc2)NO1. The van der Waals surface area contributed by atoms with Crippen LogP contribution in [0.2, 0.25) is 0 Å². The van der Waals surface area contributed by atoms with Crippen molar-refractivity contribution in [2.45, 2.75) is 27.2 Å². The number of rotatable bonds is 4. The molecule has 0 aliphatic carbocycles. The van der Waals surface area contributed by atoms with Crippen LogP contribution in [0.4, 0.5) is 11.6 Å². The number of para-hydroxylation sites is 1. The minimum atomic E-state index is -0.151. The normalized spacial score (nSPS) is 16.4. The van der Waals surface area contributed by atoms with Crippen molar-refractivity contribution >= 4 is 28.4 Å². The summed E-state index contributed by atoms with van der Waals surface area (Å²) in [7, 11) is 0. The van der Waals surface area contributed by atoms with Crippen molar-refractivity contribution in [3.8, 4) is 0 Å². The molecule has 0 saturated carbocycles. The first kappa shape index (κ1) is 22.9. The predicted octanol–water partition coefficient (Wildman–Crippen LogP) is 3.42. The zero-order valence-electron chi connectivity index (χ0n) is 20.2. The van der Waals surface area contributed by atoms with Gasteiger partial charge in [0.15, 0.2) is 0 Å². The molecule has 0 bridgehead atoms. The molecule has 1 fully saturated rings. The van der Waals surface area contributed by atoms with Crippen molar-refractivity contribution in [3.63, 3.8) is 0 Å². The van der Waals surface area contributed by atoms with Crippen LogP contribution in [0.25, 0.3) is 10.9 Å². The summed E-state index contributed by atoms with van der Waals surface area (Å²) in [5, 5.41) is 2.39. The number of piperazine rings is 1. The Morgan fingerprint density at radius 1 is 1.03 bits per heavy atom. The molecule has 5 rings (SSSR count). The molecule has 2 aromatic carbocycles. The van der Waals surface area contributed by atoms with Gasteiger partial charge in [0.1, 0.15) is 5.76 Å². The molecule has 0 atom stereocenters. The second kappa shape index (κ2) is 9.07. The number of aromatic amines is 1. The van der Waals surface area contributed by atoms with Gasteiger partial charge in [-0.3, -0.25) is 14.6 Å². The minimum Gasteiger partial charge on any atom is -0.392 e. The maximum Gasteiger partial charge on any atom is 0.260 e. The molecule has 0 radical (unpaired) electrons. The van der Waals surface area contributed by atoms with E-state index in [1.807, 2.05) is 63.5 Å². The molecule has 9 nitrogen and oxygen atoms in total. The molecule has 3 heterocycles. The summed E-state index contributed by atoms with van der Waals surface area (Å²) in [5.74, 6) is 1.41. The lowest BCUT2D eigenvalue weighted by molar-refractivity contribution is 0.0746. The van der Waals surface area contributed by atoms with Crippen LogP contribution < -0.4 is 21.1 Å². The van der Waals surface area contributed by atoms with Crippen LogP contribution >= 0.6 is 0 Å². The van der Waals surface area contributed by atoms with Crippen LogP contribution in [0, 0.1) is 5.41 Å². The number of nitrogens with one attached hydrogen (secondary N) is 2. The van der Waals surface area contributed by atoms with E-state index >= 15 is 0 Å². The zero-order valence-corrected chi connectivity index (χ0v) is 20.2. The Balaban J connectivity index is 1.21. The number of allylic oxidation sites excluding steroid dienone is 1. The number of carbonyl (C=O) groups excluding carboxylic acids is 1. The number of carbonyl (C=O) groups is 1. The number of amides is 1. The standard InChI is InChI=1S/C26H30N6O3/c1-26(2,3)16-20-17-32(29-35-20)19-10-8-18(9-11-19)24(34)30-12-14-31(15-13-30)25-27-22-7-5-4-6-21(22)23(33)28-25/h4-11,17,29H,12-16H2,1-3H3,(H,27,28,33). The van der Waals surface area contributed by atoms with E-state index in [9.17, 15) is 9.59 Å². The first-order valence-corrected chi connectivity index (χ1v) is 11.8. The van der Waals surface area contributed by atoms with Crippen molar-refractivity contribution in [2.75, 3.05) is 36.1 Å². The maximum absolute atomic E-state index is 13.1. The summed E-state index contributed by atoms with van der Waals surface area (Å²) in [6.07, 6.45) is 2.76. The third kappa shape index (κ3) is 5.00. The number of hydrazine groups is 1. The smallest absolute Gasteiger partial charge is 0.260 e. The predicted molar refractivity (Wildman–Crippen MR) is 136 cm³/mol. The van der Waals surface area contributed by atoms with Gasteiger partial charge >= 0.3 is 0 Å². The fourth-order valence-corrected chi connectivity index (χ4v) is 4.33. The summed E-state index contributed by atoms with van der Waals surface area (Å²) in [6.45, 7) is 8.80. The average molecular weight is 475 g/mol. The molecule has 182 valence electrons. The summed E-state index contributed by atoms with van der Waals surface area (Å²) in [4.78, 5) is 42.4. The molecule has 1 amide bonds. The molecular weight excluding hydrogens is 444 g/mol. The Labute approximate surface area is 203 Å². The van der Waals surface area contributed by atoms with E-state index in [4.69, 9.17) is 4.84 Å². The topological polar surface area (TPSA) is 93.8 Å². The lowest BCUT2D eigenvalue weighted by Gasteiger charge is -2.35. The van der Waals surface area contributed by atoms with Gasteiger partial charge in [-0.05, 0) is 41.8 Å². The van der Waals surface area contributed by atoms with Crippen LogP contribution in [0.5, 0.6) is 0 Å². The fraction of sp³-hybridized carbons (Fsp3) is 0.346. The third-order valence-electron chi connectivity index (χ3n) is 6.11. The highest BCUT2D eigenvalue weighted by Crippen LogP contribution is 2.28. The first-order chi connectivity index (χ1) is 16.8. The number of hydrogen-bond donors (Lipinski definition) is 2. The van der Waals surface area contributed by atoms with Crippen LogP contribution in [-0.2, 0) is 4.84 Å². The van der Waals surface area contributed by atoms with Crippen molar-refractivity contribution < 1.29 is 9.63 Å². The number of H-pyrrole nitrogens is 1. The van der Waals surface area contributed by atoms with Crippen LogP contribution in [0.15, 0.2) is 65.3 Å². The number of benzene rings is 2. The van der Waals surface area contributed by atoms with E-state index in [2.05, 4.69) is 36.3 Å². The van der Waals surface area contributed by atoms with Gasteiger partial charge in [0, 0.05) is 38.2 Å². The summed E-state index contributed by atoms with van der Waals surface area (Å²) < 4.78 is 0. The van der Waals surface area contributed by atoms with E-state index in [1.54, 1.807) is 6.07 Å². The van der Waals surface area contributed by atoms with E-state index in [0.29, 0.717) is 48.6 Å². The lowest BCUT2D eigenvalue weighted by atomic mass is 9.91. The van der Waals surface area contributed by atoms with E-state index in [-0.39, 0.29) is 16.9 Å². The van der Waals surface area contributed by atoms with Crippen molar-refractivity contribution in [1.29, 1.82) is 0 Å². The quantitative estimate of drug-likeness (QED) is 0.598. The highest BCUT2D eigenvalue weighted by Gasteiger charge is 2.25. The highest BCUT2D eigenvalue weighted by molar-refractivity contribution is 5.94. The number of hydrogen-bond acceptors (Lipinski definition) is 7. The van der Waals surface area contributed by atoms with E-state index in [1.165, 1.54) is 0 Å². The number of aromatic nitrogens is 2. The Hall–Kier alpha value is -3.85. The molecule has 2 aliphatic heterocycles. The molecule has 0 spiro atoms. The van der Waals surface area contributed by atoms with Crippen molar-refractivity contribution in [3.05, 3.63) is 76.4 Å². The highest BCUT2D eigenvalue weighted by atomic mass is 16.7. The van der Waals surface area contributed by atoms with Gasteiger partial charge in [-0.2, -0.15) is 0 Å². The van der Waals surface area contributed by atoms with Crippen LogP contribution in [0.3, 0.4) is 0 Å². The fourth-order valence-electron chi connectivity index (χ4n) is 4.33. The summed E-state index contributed by atoms with van der Waals surface area (Å²) in [5.41, 5.74) is 5.08. The lowest BCUT2D eigenvalue weighted by Crippen LogP contribution is -2.49. The maximum atomic E-state index is 13.1. The second-order valence-corrected chi connectivity index (χ2v) is 10.1. The van der Waals surface area contributed by atoms with Crippen LogP contribution in [-0.4, -0.2) is 47.0 Å². The van der Waals surface area contributed by atoms with Gasteiger partial charge in [0.2, 0.25) is 5.95 Å². The van der Waals surface area contributed by atoms with Gasteiger partial charge in [-0.1, -0.05) is 38.5 Å². The molecule has 1 saturated heterocycles. The molecular formula is C26H30N6O3. The largest absolute Gasteiger partial charge is 0.392 e. The van der Waals surface area contributed by atoms with Gasteiger partial charge in [-0.25, -0.2) is 9.99 Å². The van der Waals surface area contributed by atoms with Gasteiger partial charge < -0.3 is 14.6 Å². The first-order valence-electron chi connectivity index (χ1n) is 11.8. The number of anilines is 2. The molecule has 2 aliphatic rings. The van der Waals surface area contributed by atoms with E-state index in [0.717, 1.165) is 17.9 Å². The van der Waals surface area contributed by atoms with Crippen molar-refractivity contribution in [2.24, 2.45) is 5.41 Å². The Morgan fingerprint density at radius 2 is 1.74 bits per heavy atom. The molecule has 3 aromatic rings. The average Bonchev–Trinajstić information content (AvgIpc) is 3.30. The molecule has 9 heteroatoms. The Bertz CT molecular complexity index is 1320. The van der Waals surface area contributed by atoms with E-state index < -0.39 is 0 Å². The molecule has 0 unspecified atom stereocenters.